The summed E-state index contributed by atoms with van der Waals surface area (Å²) in [6.45, 7) is 0.659. The van der Waals surface area contributed by atoms with Gasteiger partial charge in [0.2, 0.25) is 0 Å². The maximum absolute atomic E-state index is 5.12. The first-order valence-electron chi connectivity index (χ1n) is 6.03. The van der Waals surface area contributed by atoms with E-state index in [-0.39, 0.29) is 0 Å². The molecular formula is C16H15NO. The third-order valence-electron chi connectivity index (χ3n) is 3.12. The van der Waals surface area contributed by atoms with Crippen LogP contribution in [-0.2, 0) is 11.3 Å². The Morgan fingerprint density at radius 2 is 1.72 bits per heavy atom. The van der Waals surface area contributed by atoms with Gasteiger partial charge in [0, 0.05) is 19.0 Å². The fourth-order valence-corrected chi connectivity index (χ4v) is 2.23. The Kier molecular flexibility index (Phi) is 2.87. The van der Waals surface area contributed by atoms with E-state index in [1.807, 2.05) is 0 Å². The van der Waals surface area contributed by atoms with Crippen molar-refractivity contribution in [2.75, 3.05) is 7.11 Å². The quantitative estimate of drug-likeness (QED) is 0.676. The van der Waals surface area contributed by atoms with Crippen LogP contribution in [0.2, 0.25) is 0 Å². The molecule has 3 rings (SSSR count). The van der Waals surface area contributed by atoms with E-state index in [1.54, 1.807) is 7.11 Å². The number of benzene rings is 2. The number of para-hydroxylation sites is 1. The number of aromatic nitrogens is 1. The van der Waals surface area contributed by atoms with Gasteiger partial charge in [-0.2, -0.15) is 0 Å². The van der Waals surface area contributed by atoms with Crippen molar-refractivity contribution in [3.8, 4) is 5.69 Å². The Balaban J connectivity index is 2.03. The third kappa shape index (κ3) is 1.91. The molecule has 2 aromatic carbocycles. The molecule has 2 heteroatoms. The SMILES string of the molecule is COCc1ccc(-n2ccc3ccccc32)cc1. The van der Waals surface area contributed by atoms with E-state index in [4.69, 9.17) is 4.74 Å². The maximum atomic E-state index is 5.12. The fraction of sp³-hybridized carbons (Fsp3) is 0.125. The second kappa shape index (κ2) is 4.67. The average Bonchev–Trinajstić information content (AvgIpc) is 2.84. The molecule has 0 saturated heterocycles. The molecule has 1 aromatic heterocycles. The Bertz CT molecular complexity index is 652. The summed E-state index contributed by atoms with van der Waals surface area (Å²) in [5.41, 5.74) is 3.60. The summed E-state index contributed by atoms with van der Waals surface area (Å²) >= 11 is 0. The second-order valence-electron chi connectivity index (χ2n) is 4.34. The molecule has 0 aliphatic heterocycles. The van der Waals surface area contributed by atoms with Crippen LogP contribution >= 0.6 is 0 Å². The number of methoxy groups -OCH3 is 1. The zero-order valence-electron chi connectivity index (χ0n) is 10.3. The molecule has 2 nitrogen and oxygen atoms in total. The molecular weight excluding hydrogens is 222 g/mol. The minimum atomic E-state index is 0.659. The molecule has 1 heterocycles. The van der Waals surface area contributed by atoms with Crippen molar-refractivity contribution in [2.45, 2.75) is 6.61 Å². The Hall–Kier alpha value is -2.06. The zero-order valence-corrected chi connectivity index (χ0v) is 10.3. The minimum Gasteiger partial charge on any atom is -0.380 e. The third-order valence-corrected chi connectivity index (χ3v) is 3.12. The van der Waals surface area contributed by atoms with Gasteiger partial charge in [-0.15, -0.1) is 0 Å². The van der Waals surface area contributed by atoms with Gasteiger partial charge in [0.1, 0.15) is 0 Å². The van der Waals surface area contributed by atoms with Gasteiger partial charge in [0.05, 0.1) is 12.1 Å². The lowest BCUT2D eigenvalue weighted by Crippen LogP contribution is -1.93. The molecule has 0 spiro atoms. The Labute approximate surface area is 106 Å². The van der Waals surface area contributed by atoms with Gasteiger partial charge < -0.3 is 9.30 Å². The predicted molar refractivity (Wildman–Crippen MR) is 74.0 cm³/mol. The van der Waals surface area contributed by atoms with Crippen LogP contribution < -0.4 is 0 Å². The van der Waals surface area contributed by atoms with E-state index in [2.05, 4.69) is 65.4 Å². The molecule has 18 heavy (non-hydrogen) atoms. The number of hydrogen-bond donors (Lipinski definition) is 0. The van der Waals surface area contributed by atoms with E-state index < -0.39 is 0 Å². The maximum Gasteiger partial charge on any atom is 0.0713 e. The standard InChI is InChI=1S/C16H15NO/c1-18-12-13-6-8-15(9-7-13)17-11-10-14-4-2-3-5-16(14)17/h2-11H,12H2,1H3. The number of rotatable bonds is 3. The van der Waals surface area contributed by atoms with Crippen LogP contribution in [-0.4, -0.2) is 11.7 Å². The molecule has 0 atom stereocenters. The first-order valence-corrected chi connectivity index (χ1v) is 6.03. The molecule has 0 radical (unpaired) electrons. The van der Waals surface area contributed by atoms with E-state index in [1.165, 1.54) is 22.2 Å². The van der Waals surface area contributed by atoms with Crippen LogP contribution in [0.5, 0.6) is 0 Å². The minimum absolute atomic E-state index is 0.659. The zero-order chi connectivity index (χ0) is 12.4. The van der Waals surface area contributed by atoms with Gasteiger partial charge in [-0.3, -0.25) is 0 Å². The van der Waals surface area contributed by atoms with Gasteiger partial charge in [-0.1, -0.05) is 30.3 Å². The normalized spacial score (nSPS) is 10.9. The summed E-state index contributed by atoms with van der Waals surface area (Å²) in [4.78, 5) is 0. The molecule has 0 aliphatic carbocycles. The summed E-state index contributed by atoms with van der Waals surface area (Å²) in [6.07, 6.45) is 2.11. The highest BCUT2D eigenvalue weighted by atomic mass is 16.5. The summed E-state index contributed by atoms with van der Waals surface area (Å²) in [6, 6.07) is 19.0. The first-order chi connectivity index (χ1) is 8.88. The fourth-order valence-electron chi connectivity index (χ4n) is 2.23. The van der Waals surface area contributed by atoms with Crippen molar-refractivity contribution in [1.29, 1.82) is 0 Å². The first kappa shape index (κ1) is 11.1. The van der Waals surface area contributed by atoms with E-state index in [9.17, 15) is 0 Å². The monoisotopic (exact) mass is 237 g/mol. The Morgan fingerprint density at radius 3 is 2.50 bits per heavy atom. The van der Waals surface area contributed by atoms with Crippen molar-refractivity contribution in [3.63, 3.8) is 0 Å². The molecule has 0 N–H and O–H groups in total. The van der Waals surface area contributed by atoms with Gasteiger partial charge in [-0.05, 0) is 35.2 Å². The van der Waals surface area contributed by atoms with Crippen LogP contribution in [0.25, 0.3) is 16.6 Å². The van der Waals surface area contributed by atoms with Crippen molar-refractivity contribution < 1.29 is 4.74 Å². The summed E-state index contributed by atoms with van der Waals surface area (Å²) < 4.78 is 7.32. The van der Waals surface area contributed by atoms with Crippen molar-refractivity contribution >= 4 is 10.9 Å². The van der Waals surface area contributed by atoms with Crippen LogP contribution in [0.3, 0.4) is 0 Å². The smallest absolute Gasteiger partial charge is 0.0713 e. The molecule has 90 valence electrons. The largest absolute Gasteiger partial charge is 0.380 e. The van der Waals surface area contributed by atoms with Gasteiger partial charge in [0.25, 0.3) is 0 Å². The van der Waals surface area contributed by atoms with Crippen molar-refractivity contribution in [2.24, 2.45) is 0 Å². The second-order valence-corrected chi connectivity index (χ2v) is 4.34. The highest BCUT2D eigenvalue weighted by Gasteiger charge is 2.02. The molecule has 0 bridgehead atoms. The van der Waals surface area contributed by atoms with Gasteiger partial charge in [-0.25, -0.2) is 0 Å². The average molecular weight is 237 g/mol. The lowest BCUT2D eigenvalue weighted by molar-refractivity contribution is 0.185. The summed E-state index contributed by atoms with van der Waals surface area (Å²) in [5.74, 6) is 0. The molecule has 0 fully saturated rings. The molecule has 0 unspecified atom stereocenters. The number of hydrogen-bond acceptors (Lipinski definition) is 1. The number of fused-ring (bicyclic) bond motifs is 1. The summed E-state index contributed by atoms with van der Waals surface area (Å²) in [7, 11) is 1.72. The molecule has 0 aliphatic rings. The molecule has 0 amide bonds. The van der Waals surface area contributed by atoms with Gasteiger partial charge >= 0.3 is 0 Å². The number of ether oxygens (including phenoxy) is 1. The molecule has 0 saturated carbocycles. The topological polar surface area (TPSA) is 14.2 Å². The highest BCUT2D eigenvalue weighted by molar-refractivity contribution is 5.81. The van der Waals surface area contributed by atoms with Crippen LogP contribution in [0.4, 0.5) is 0 Å². The predicted octanol–water partition coefficient (Wildman–Crippen LogP) is 3.78. The lowest BCUT2D eigenvalue weighted by Gasteiger charge is -2.06. The summed E-state index contributed by atoms with van der Waals surface area (Å²) in [5, 5.41) is 1.26. The Morgan fingerprint density at radius 1 is 0.944 bits per heavy atom. The van der Waals surface area contributed by atoms with E-state index >= 15 is 0 Å². The van der Waals surface area contributed by atoms with E-state index in [0.717, 1.165) is 0 Å². The molecule has 3 aromatic rings. The highest BCUT2D eigenvalue weighted by Crippen LogP contribution is 2.20. The van der Waals surface area contributed by atoms with Crippen LogP contribution in [0.1, 0.15) is 5.56 Å². The van der Waals surface area contributed by atoms with Crippen LogP contribution in [0.15, 0.2) is 60.8 Å². The van der Waals surface area contributed by atoms with E-state index in [0.29, 0.717) is 6.61 Å². The lowest BCUT2D eigenvalue weighted by atomic mass is 10.2. The number of nitrogens with zero attached hydrogens (tertiary/aromatic N) is 1. The van der Waals surface area contributed by atoms with Gasteiger partial charge in [0.15, 0.2) is 0 Å². The van der Waals surface area contributed by atoms with Crippen LogP contribution in [0, 0.1) is 0 Å². The van der Waals surface area contributed by atoms with Crippen molar-refractivity contribution in [3.05, 3.63) is 66.4 Å². The van der Waals surface area contributed by atoms with Crippen molar-refractivity contribution in [1.82, 2.24) is 4.57 Å².